The third-order valence-electron chi connectivity index (χ3n) is 6.06. The van der Waals surface area contributed by atoms with Crippen molar-refractivity contribution in [3.63, 3.8) is 0 Å². The number of hydrogen-bond acceptors (Lipinski definition) is 3. The predicted octanol–water partition coefficient (Wildman–Crippen LogP) is 5.44. The molecule has 5 heteroatoms. The van der Waals surface area contributed by atoms with Gasteiger partial charge in [0.1, 0.15) is 11.6 Å². The Morgan fingerprint density at radius 3 is 2.41 bits per heavy atom. The molecule has 0 unspecified atom stereocenters. The quantitative estimate of drug-likeness (QED) is 0.580. The van der Waals surface area contributed by atoms with Crippen molar-refractivity contribution in [3.8, 4) is 5.75 Å². The summed E-state index contributed by atoms with van der Waals surface area (Å²) in [5.74, 6) is -0.960. The zero-order valence-corrected chi connectivity index (χ0v) is 16.9. The number of carbonyl (C=O) groups is 2. The second-order valence-electron chi connectivity index (χ2n) is 7.89. The van der Waals surface area contributed by atoms with Crippen molar-refractivity contribution in [1.82, 2.24) is 0 Å². The molecule has 2 aromatic carbocycles. The number of phenolic OH excluding ortho intramolecular Hbond substituents is 1. The second kappa shape index (κ2) is 8.76. The number of carboxylic acids is 1. The van der Waals surface area contributed by atoms with Gasteiger partial charge < -0.3 is 10.2 Å². The van der Waals surface area contributed by atoms with Crippen LogP contribution in [0.15, 0.2) is 24.3 Å². The lowest BCUT2D eigenvalue weighted by Crippen LogP contribution is -2.09. The normalized spacial score (nSPS) is 14.1. The van der Waals surface area contributed by atoms with E-state index in [2.05, 4.69) is 0 Å². The van der Waals surface area contributed by atoms with Gasteiger partial charge in [0.15, 0.2) is 5.78 Å². The lowest BCUT2D eigenvalue weighted by atomic mass is 9.80. The van der Waals surface area contributed by atoms with Crippen LogP contribution in [0.25, 0.3) is 0 Å². The van der Waals surface area contributed by atoms with E-state index in [9.17, 15) is 19.1 Å². The molecule has 0 fully saturated rings. The average molecular weight is 398 g/mol. The molecule has 29 heavy (non-hydrogen) atoms. The number of aromatic hydroxyl groups is 1. The number of unbranched alkanes of at least 4 members (excludes halogenated alkanes) is 2. The summed E-state index contributed by atoms with van der Waals surface area (Å²) >= 11 is 0. The molecule has 0 radical (unpaired) electrons. The van der Waals surface area contributed by atoms with Crippen LogP contribution in [0.3, 0.4) is 0 Å². The van der Waals surface area contributed by atoms with Gasteiger partial charge in [0, 0.05) is 29.9 Å². The summed E-state index contributed by atoms with van der Waals surface area (Å²) in [6.45, 7) is 3.70. The number of phenols is 1. The van der Waals surface area contributed by atoms with Gasteiger partial charge in [0.05, 0.1) is 0 Å². The fourth-order valence-electron chi connectivity index (χ4n) is 4.42. The minimum atomic E-state index is -0.803. The van der Waals surface area contributed by atoms with Gasteiger partial charge in [-0.25, -0.2) is 4.39 Å². The Balaban J connectivity index is 2.00. The van der Waals surface area contributed by atoms with E-state index in [-0.39, 0.29) is 29.7 Å². The number of aliphatic carboxylic acids is 1. The van der Waals surface area contributed by atoms with E-state index < -0.39 is 5.97 Å². The van der Waals surface area contributed by atoms with E-state index in [1.54, 1.807) is 12.1 Å². The van der Waals surface area contributed by atoms with Crippen LogP contribution in [0.2, 0.25) is 0 Å². The molecule has 0 saturated heterocycles. The van der Waals surface area contributed by atoms with Crippen molar-refractivity contribution in [2.75, 3.05) is 0 Å². The molecule has 0 heterocycles. The minimum absolute atomic E-state index is 0.112. The van der Waals surface area contributed by atoms with E-state index in [0.717, 1.165) is 40.7 Å². The monoisotopic (exact) mass is 398 g/mol. The third kappa shape index (κ3) is 4.34. The van der Waals surface area contributed by atoms with Gasteiger partial charge in [0.2, 0.25) is 0 Å². The van der Waals surface area contributed by atoms with Crippen molar-refractivity contribution in [2.24, 2.45) is 0 Å². The molecule has 1 atom stereocenters. The molecule has 0 amide bonds. The van der Waals surface area contributed by atoms with Crippen LogP contribution in [0.5, 0.6) is 5.75 Å². The number of benzene rings is 2. The lowest BCUT2D eigenvalue weighted by molar-refractivity contribution is -0.137. The molecular formula is C24H27FO4. The van der Waals surface area contributed by atoms with Gasteiger partial charge in [-0.2, -0.15) is 0 Å². The SMILES string of the molecule is Cc1c(C)c2c(c([C@H](CCCCCC(=O)O)c3ccc(F)cc3)c1O)CCC2=O. The molecule has 3 rings (SSSR count). The molecule has 0 spiro atoms. The summed E-state index contributed by atoms with van der Waals surface area (Å²) in [6, 6.07) is 6.29. The molecule has 0 bridgehead atoms. The zero-order valence-electron chi connectivity index (χ0n) is 16.9. The van der Waals surface area contributed by atoms with Gasteiger partial charge in [0.25, 0.3) is 0 Å². The van der Waals surface area contributed by atoms with Crippen LogP contribution in [0.4, 0.5) is 4.39 Å². The van der Waals surface area contributed by atoms with Crippen molar-refractivity contribution in [3.05, 3.63) is 63.5 Å². The second-order valence-corrected chi connectivity index (χ2v) is 7.89. The molecule has 1 aliphatic rings. The van der Waals surface area contributed by atoms with Crippen LogP contribution >= 0.6 is 0 Å². The molecular weight excluding hydrogens is 371 g/mol. The van der Waals surface area contributed by atoms with Gasteiger partial charge in [-0.1, -0.05) is 25.0 Å². The van der Waals surface area contributed by atoms with Crippen LogP contribution in [-0.2, 0) is 11.2 Å². The Hall–Kier alpha value is -2.69. The number of Topliss-reactive ketones (excluding diaryl/α,β-unsaturated/α-hetero) is 1. The Labute approximate surface area is 170 Å². The number of halogens is 1. The first-order valence-electron chi connectivity index (χ1n) is 10.2. The number of carboxylic acid groups (broad SMARTS) is 1. The van der Waals surface area contributed by atoms with E-state index in [0.29, 0.717) is 31.2 Å². The summed E-state index contributed by atoms with van der Waals surface area (Å²) in [5, 5.41) is 19.9. The maximum Gasteiger partial charge on any atom is 0.303 e. The van der Waals surface area contributed by atoms with Gasteiger partial charge in [-0.05, 0) is 67.5 Å². The first kappa shape index (κ1) is 21.0. The largest absolute Gasteiger partial charge is 0.507 e. The topological polar surface area (TPSA) is 74.6 Å². The van der Waals surface area contributed by atoms with Crippen molar-refractivity contribution in [2.45, 2.75) is 64.7 Å². The maximum absolute atomic E-state index is 13.5. The fourth-order valence-corrected chi connectivity index (χ4v) is 4.42. The van der Waals surface area contributed by atoms with Crippen molar-refractivity contribution in [1.29, 1.82) is 0 Å². The van der Waals surface area contributed by atoms with Crippen molar-refractivity contribution >= 4 is 11.8 Å². The summed E-state index contributed by atoms with van der Waals surface area (Å²) in [6.07, 6.45) is 4.03. The smallest absolute Gasteiger partial charge is 0.303 e. The highest BCUT2D eigenvalue weighted by Gasteiger charge is 2.32. The number of carbonyl (C=O) groups excluding carboxylic acids is 1. The molecule has 154 valence electrons. The first-order chi connectivity index (χ1) is 13.8. The van der Waals surface area contributed by atoms with E-state index >= 15 is 0 Å². The average Bonchev–Trinajstić information content (AvgIpc) is 3.06. The molecule has 2 N–H and O–H groups in total. The molecule has 1 aliphatic carbocycles. The molecule has 4 nitrogen and oxygen atoms in total. The molecule has 0 aliphatic heterocycles. The highest BCUT2D eigenvalue weighted by molar-refractivity contribution is 6.03. The molecule has 0 aromatic heterocycles. The van der Waals surface area contributed by atoms with Crippen LogP contribution < -0.4 is 0 Å². The lowest BCUT2D eigenvalue weighted by Gasteiger charge is -2.24. The summed E-state index contributed by atoms with van der Waals surface area (Å²) in [7, 11) is 0. The van der Waals surface area contributed by atoms with Crippen LogP contribution in [0.1, 0.15) is 82.6 Å². The van der Waals surface area contributed by atoms with Gasteiger partial charge in [-0.15, -0.1) is 0 Å². The number of rotatable bonds is 8. The summed E-state index contributed by atoms with van der Waals surface area (Å²) in [4.78, 5) is 23.2. The maximum atomic E-state index is 13.5. The van der Waals surface area contributed by atoms with Crippen LogP contribution in [-0.4, -0.2) is 22.0 Å². The fraction of sp³-hybridized carbons (Fsp3) is 0.417. The number of fused-ring (bicyclic) bond motifs is 1. The Kier molecular flexibility index (Phi) is 6.36. The highest BCUT2D eigenvalue weighted by Crippen LogP contribution is 2.45. The first-order valence-corrected chi connectivity index (χ1v) is 10.2. The predicted molar refractivity (Wildman–Crippen MR) is 109 cm³/mol. The van der Waals surface area contributed by atoms with E-state index in [1.807, 2.05) is 13.8 Å². The standard InChI is InChI=1S/C24H27FO4/c1-14-15(2)24(29)23(19-12-13-20(26)22(14)19)18(6-4-3-5-7-21(27)28)16-8-10-17(25)11-9-16/h8-11,18,29H,3-7,12-13H2,1-2H3,(H,27,28)/t18-/m1/s1. The zero-order chi connectivity index (χ0) is 21.1. The summed E-state index contributed by atoms with van der Waals surface area (Å²) in [5.41, 5.74) is 4.86. The molecule has 2 aromatic rings. The van der Waals surface area contributed by atoms with Gasteiger partial charge in [-0.3, -0.25) is 9.59 Å². The molecule has 0 saturated carbocycles. The number of ketones is 1. The Bertz CT molecular complexity index is 931. The summed E-state index contributed by atoms with van der Waals surface area (Å²) < 4.78 is 13.5. The van der Waals surface area contributed by atoms with Crippen molar-refractivity contribution < 1.29 is 24.2 Å². The Morgan fingerprint density at radius 1 is 1.07 bits per heavy atom. The van der Waals surface area contributed by atoms with E-state index in [4.69, 9.17) is 5.11 Å². The number of hydrogen-bond donors (Lipinski definition) is 2. The highest BCUT2D eigenvalue weighted by atomic mass is 19.1. The van der Waals surface area contributed by atoms with Crippen LogP contribution in [0, 0.1) is 19.7 Å². The Morgan fingerprint density at radius 2 is 1.76 bits per heavy atom. The van der Waals surface area contributed by atoms with Gasteiger partial charge >= 0.3 is 5.97 Å². The minimum Gasteiger partial charge on any atom is -0.507 e. The van der Waals surface area contributed by atoms with E-state index in [1.165, 1.54) is 12.1 Å². The third-order valence-corrected chi connectivity index (χ3v) is 6.06.